The highest BCUT2D eigenvalue weighted by Crippen LogP contribution is 2.29. The Morgan fingerprint density at radius 2 is 2.24 bits per heavy atom. The predicted molar refractivity (Wildman–Crippen MR) is 82.5 cm³/mol. The number of benzene rings is 1. The van der Waals surface area contributed by atoms with E-state index in [2.05, 4.69) is 11.2 Å². The van der Waals surface area contributed by atoms with Crippen LogP contribution in [0.3, 0.4) is 0 Å². The number of nitrogens with zero attached hydrogens (tertiary/aromatic N) is 4. The summed E-state index contributed by atoms with van der Waals surface area (Å²) in [5.74, 6) is 0.901. The third-order valence-electron chi connectivity index (χ3n) is 3.59. The molecule has 6 nitrogen and oxygen atoms in total. The summed E-state index contributed by atoms with van der Waals surface area (Å²) in [6.45, 7) is 1.46. The van der Waals surface area contributed by atoms with Crippen molar-refractivity contribution in [1.82, 2.24) is 9.78 Å². The van der Waals surface area contributed by atoms with E-state index in [1.165, 1.54) is 0 Å². The van der Waals surface area contributed by atoms with Gasteiger partial charge in [-0.2, -0.15) is 5.26 Å². The highest BCUT2D eigenvalue weighted by Gasteiger charge is 2.26. The second-order valence-corrected chi connectivity index (χ2v) is 5.52. The normalized spacial score (nSPS) is 18.0. The number of nitrogens with two attached hydrogens (primary N) is 2. The van der Waals surface area contributed by atoms with Crippen LogP contribution < -0.4 is 16.4 Å². The summed E-state index contributed by atoms with van der Waals surface area (Å²) in [6.07, 6.45) is 0.884. The summed E-state index contributed by atoms with van der Waals surface area (Å²) in [5, 5.41) is 14.5. The molecule has 0 radical (unpaired) electrons. The van der Waals surface area contributed by atoms with Gasteiger partial charge in [0, 0.05) is 24.2 Å². The molecule has 7 heteroatoms. The van der Waals surface area contributed by atoms with Gasteiger partial charge in [0.2, 0.25) is 0 Å². The minimum absolute atomic E-state index is 0.106. The van der Waals surface area contributed by atoms with Crippen LogP contribution in [0, 0.1) is 11.3 Å². The zero-order chi connectivity index (χ0) is 15.0. The lowest BCUT2D eigenvalue weighted by atomic mass is 10.3. The molecule has 2 aromatic rings. The second-order valence-electron chi connectivity index (χ2n) is 5.08. The Kier molecular flexibility index (Phi) is 3.45. The van der Waals surface area contributed by atoms with E-state index in [9.17, 15) is 5.26 Å². The van der Waals surface area contributed by atoms with Gasteiger partial charge in [-0.1, -0.05) is 17.7 Å². The van der Waals surface area contributed by atoms with E-state index in [4.69, 9.17) is 23.1 Å². The number of hydrogen-bond donors (Lipinski definition) is 2. The van der Waals surface area contributed by atoms with Gasteiger partial charge in [-0.15, -0.1) is 5.10 Å². The van der Waals surface area contributed by atoms with E-state index in [1.54, 1.807) is 16.8 Å². The quantitative estimate of drug-likeness (QED) is 0.876. The summed E-state index contributed by atoms with van der Waals surface area (Å²) < 4.78 is 1.55. The number of nitrogen functional groups attached to an aromatic ring is 1. The zero-order valence-electron chi connectivity index (χ0n) is 11.3. The van der Waals surface area contributed by atoms with E-state index in [0.717, 1.165) is 18.7 Å². The topological polar surface area (TPSA) is 96.9 Å². The molecule has 0 aliphatic carbocycles. The van der Waals surface area contributed by atoms with Crippen LogP contribution in [-0.4, -0.2) is 28.9 Å². The molecule has 1 aliphatic rings. The van der Waals surface area contributed by atoms with E-state index in [1.807, 2.05) is 17.0 Å². The lowest BCUT2D eigenvalue weighted by Gasteiger charge is -2.14. The number of aromatic nitrogens is 2. The molecule has 0 spiro atoms. The molecule has 2 heterocycles. The van der Waals surface area contributed by atoms with Crippen molar-refractivity contribution in [1.29, 1.82) is 5.26 Å². The van der Waals surface area contributed by atoms with Gasteiger partial charge in [-0.3, -0.25) is 0 Å². The number of nitriles is 1. The summed E-state index contributed by atoms with van der Waals surface area (Å²) in [6, 6.07) is 9.43. The third kappa shape index (κ3) is 2.42. The lowest BCUT2D eigenvalue weighted by molar-refractivity contribution is 0.750. The maximum Gasteiger partial charge on any atom is 0.171 e. The fourth-order valence-electron chi connectivity index (χ4n) is 2.53. The average molecular weight is 303 g/mol. The van der Waals surface area contributed by atoms with Gasteiger partial charge < -0.3 is 16.4 Å². The van der Waals surface area contributed by atoms with Crippen LogP contribution in [-0.2, 0) is 0 Å². The monoisotopic (exact) mass is 302 g/mol. The molecular weight excluding hydrogens is 288 g/mol. The van der Waals surface area contributed by atoms with Crippen LogP contribution in [0.15, 0.2) is 24.3 Å². The number of hydrogen-bond acceptors (Lipinski definition) is 5. The Balaban J connectivity index is 2.08. The molecule has 1 unspecified atom stereocenters. The van der Waals surface area contributed by atoms with Gasteiger partial charge in [0.05, 0.1) is 5.69 Å². The second kappa shape index (κ2) is 5.28. The fourth-order valence-corrected chi connectivity index (χ4v) is 2.72. The average Bonchev–Trinajstić information content (AvgIpc) is 3.02. The first-order valence-electron chi connectivity index (χ1n) is 6.65. The number of rotatable bonds is 2. The fraction of sp³-hybridized carbons (Fsp3) is 0.286. The molecule has 0 bridgehead atoms. The first kappa shape index (κ1) is 13.7. The van der Waals surface area contributed by atoms with Gasteiger partial charge in [0.1, 0.15) is 17.5 Å². The number of anilines is 2. The first-order valence-corrected chi connectivity index (χ1v) is 7.03. The van der Waals surface area contributed by atoms with Crippen molar-refractivity contribution in [2.24, 2.45) is 5.73 Å². The molecule has 1 aromatic carbocycles. The van der Waals surface area contributed by atoms with Crippen LogP contribution in [0.25, 0.3) is 5.69 Å². The molecule has 1 atom stereocenters. The molecule has 0 amide bonds. The minimum Gasteiger partial charge on any atom is -0.382 e. The molecule has 4 N–H and O–H groups in total. The van der Waals surface area contributed by atoms with Gasteiger partial charge in [-0.05, 0) is 24.6 Å². The standard InChI is InChI=1S/C14H15ClN6/c15-9-2-1-3-11(6-9)21-13(18)12(7-16)14(19-21)20-5-4-10(17)8-20/h1-3,6,10H,4-5,8,17-18H2. The van der Waals surface area contributed by atoms with Crippen molar-refractivity contribution >= 4 is 23.2 Å². The first-order chi connectivity index (χ1) is 10.1. The van der Waals surface area contributed by atoms with Crippen LogP contribution in [0.1, 0.15) is 12.0 Å². The van der Waals surface area contributed by atoms with Crippen LogP contribution in [0.5, 0.6) is 0 Å². The largest absolute Gasteiger partial charge is 0.382 e. The summed E-state index contributed by atoms with van der Waals surface area (Å²) in [4.78, 5) is 2.00. The summed E-state index contributed by atoms with van der Waals surface area (Å²) in [5.41, 5.74) is 13.1. The summed E-state index contributed by atoms with van der Waals surface area (Å²) >= 11 is 6.00. The lowest BCUT2D eigenvalue weighted by Crippen LogP contribution is -2.27. The predicted octanol–water partition coefficient (Wildman–Crippen LogP) is 1.52. The van der Waals surface area contributed by atoms with Crippen molar-refractivity contribution in [2.45, 2.75) is 12.5 Å². The van der Waals surface area contributed by atoms with Gasteiger partial charge in [0.25, 0.3) is 0 Å². The van der Waals surface area contributed by atoms with E-state index >= 15 is 0 Å². The molecule has 0 saturated carbocycles. The molecule has 21 heavy (non-hydrogen) atoms. The van der Waals surface area contributed by atoms with Crippen molar-refractivity contribution in [2.75, 3.05) is 23.7 Å². The third-order valence-corrected chi connectivity index (χ3v) is 3.83. The SMILES string of the molecule is N#Cc1c(N2CCC(N)C2)nn(-c2cccc(Cl)c2)c1N. The Morgan fingerprint density at radius 3 is 2.86 bits per heavy atom. The van der Waals surface area contributed by atoms with E-state index < -0.39 is 0 Å². The highest BCUT2D eigenvalue weighted by molar-refractivity contribution is 6.30. The van der Waals surface area contributed by atoms with Crippen LogP contribution in [0.2, 0.25) is 5.02 Å². The molecular formula is C14H15ClN6. The maximum absolute atomic E-state index is 9.37. The van der Waals surface area contributed by atoms with Crippen molar-refractivity contribution in [3.05, 3.63) is 34.9 Å². The maximum atomic E-state index is 9.37. The van der Waals surface area contributed by atoms with E-state index in [-0.39, 0.29) is 6.04 Å². The van der Waals surface area contributed by atoms with E-state index in [0.29, 0.717) is 28.8 Å². The van der Waals surface area contributed by atoms with Crippen molar-refractivity contribution in [3.8, 4) is 11.8 Å². The molecule has 1 aromatic heterocycles. The Labute approximate surface area is 127 Å². The molecule has 1 saturated heterocycles. The molecule has 1 fully saturated rings. The molecule has 1 aliphatic heterocycles. The minimum atomic E-state index is 0.106. The van der Waals surface area contributed by atoms with Gasteiger partial charge in [-0.25, -0.2) is 4.68 Å². The van der Waals surface area contributed by atoms with Crippen LogP contribution >= 0.6 is 11.6 Å². The number of halogens is 1. The zero-order valence-corrected chi connectivity index (χ0v) is 12.1. The molecule has 3 rings (SSSR count). The highest BCUT2D eigenvalue weighted by atomic mass is 35.5. The summed E-state index contributed by atoms with van der Waals surface area (Å²) in [7, 11) is 0. The smallest absolute Gasteiger partial charge is 0.171 e. The van der Waals surface area contributed by atoms with Gasteiger partial charge >= 0.3 is 0 Å². The van der Waals surface area contributed by atoms with Crippen molar-refractivity contribution in [3.63, 3.8) is 0 Å². The van der Waals surface area contributed by atoms with Gasteiger partial charge in [0.15, 0.2) is 5.82 Å². The van der Waals surface area contributed by atoms with Crippen molar-refractivity contribution < 1.29 is 0 Å². The molecule has 108 valence electrons. The Hall–Kier alpha value is -2.23. The Bertz CT molecular complexity index is 717. The van der Waals surface area contributed by atoms with Crippen LogP contribution in [0.4, 0.5) is 11.6 Å². The Morgan fingerprint density at radius 1 is 1.43 bits per heavy atom.